The lowest BCUT2D eigenvalue weighted by atomic mass is 10.2. The van der Waals surface area contributed by atoms with Gasteiger partial charge in [0.1, 0.15) is 0 Å². The Morgan fingerprint density at radius 2 is 2.04 bits per heavy atom. The van der Waals surface area contributed by atoms with E-state index in [9.17, 15) is 9.59 Å². The maximum absolute atomic E-state index is 11.8. The van der Waals surface area contributed by atoms with Gasteiger partial charge >= 0.3 is 0 Å². The Labute approximate surface area is 135 Å². The van der Waals surface area contributed by atoms with Crippen LogP contribution in [-0.4, -0.2) is 33.5 Å². The first-order valence-electron chi connectivity index (χ1n) is 6.80. The van der Waals surface area contributed by atoms with Crippen molar-refractivity contribution in [2.75, 3.05) is 11.9 Å². The third-order valence-corrected chi connectivity index (χ3v) is 3.86. The van der Waals surface area contributed by atoms with Gasteiger partial charge in [-0.1, -0.05) is 6.07 Å². The minimum absolute atomic E-state index is 0.117. The van der Waals surface area contributed by atoms with E-state index in [2.05, 4.69) is 25.8 Å². The molecule has 0 fully saturated rings. The molecule has 2 amide bonds. The SMILES string of the molecule is O=C(CNC(=O)c1cccs1)Nc1cc(-c2ccncc2)[nH]n1. The topological polar surface area (TPSA) is 99.8 Å². The van der Waals surface area contributed by atoms with Crippen molar-refractivity contribution in [3.63, 3.8) is 0 Å². The van der Waals surface area contributed by atoms with E-state index in [1.807, 2.05) is 12.1 Å². The fraction of sp³-hybridized carbons (Fsp3) is 0.0667. The summed E-state index contributed by atoms with van der Waals surface area (Å²) in [6, 6.07) is 8.87. The molecule has 8 heteroatoms. The summed E-state index contributed by atoms with van der Waals surface area (Å²) in [7, 11) is 0. The van der Waals surface area contributed by atoms with E-state index in [0.29, 0.717) is 10.7 Å². The summed E-state index contributed by atoms with van der Waals surface area (Å²) in [6.45, 7) is -0.117. The molecule has 7 nitrogen and oxygen atoms in total. The Bertz CT molecular complexity index is 798. The van der Waals surface area contributed by atoms with Gasteiger partial charge < -0.3 is 10.6 Å². The normalized spacial score (nSPS) is 10.3. The summed E-state index contributed by atoms with van der Waals surface area (Å²) < 4.78 is 0. The minimum atomic E-state index is -0.345. The van der Waals surface area contributed by atoms with E-state index in [0.717, 1.165) is 11.3 Å². The zero-order chi connectivity index (χ0) is 16.1. The van der Waals surface area contributed by atoms with Gasteiger partial charge in [-0.25, -0.2) is 0 Å². The first kappa shape index (κ1) is 14.9. The van der Waals surface area contributed by atoms with Gasteiger partial charge in [0.25, 0.3) is 5.91 Å². The number of nitrogens with zero attached hydrogens (tertiary/aromatic N) is 2. The van der Waals surface area contributed by atoms with Gasteiger partial charge in [-0.3, -0.25) is 19.7 Å². The van der Waals surface area contributed by atoms with Crippen LogP contribution in [0.4, 0.5) is 5.82 Å². The third kappa shape index (κ3) is 3.80. The second kappa shape index (κ2) is 6.84. The summed E-state index contributed by atoms with van der Waals surface area (Å²) in [5.41, 5.74) is 1.68. The van der Waals surface area contributed by atoms with Crippen LogP contribution in [-0.2, 0) is 4.79 Å². The van der Waals surface area contributed by atoms with Crippen LogP contribution in [0, 0.1) is 0 Å². The van der Waals surface area contributed by atoms with Crippen LogP contribution in [0.1, 0.15) is 9.67 Å². The van der Waals surface area contributed by atoms with Crippen LogP contribution in [0.15, 0.2) is 48.1 Å². The quantitative estimate of drug-likeness (QED) is 0.666. The molecule has 23 heavy (non-hydrogen) atoms. The molecule has 3 aromatic rings. The summed E-state index contributed by atoms with van der Waals surface area (Å²) in [6.07, 6.45) is 3.35. The number of aromatic amines is 1. The highest BCUT2D eigenvalue weighted by atomic mass is 32.1. The number of aromatic nitrogens is 3. The zero-order valence-electron chi connectivity index (χ0n) is 11.9. The fourth-order valence-corrected chi connectivity index (χ4v) is 2.55. The predicted molar refractivity (Wildman–Crippen MR) is 87.1 cm³/mol. The molecule has 0 saturated carbocycles. The molecule has 0 aliphatic heterocycles. The average Bonchev–Trinajstić information content (AvgIpc) is 3.25. The number of thiophene rings is 1. The first-order chi connectivity index (χ1) is 11.2. The number of anilines is 1. The summed E-state index contributed by atoms with van der Waals surface area (Å²) in [4.78, 5) is 28.1. The third-order valence-electron chi connectivity index (χ3n) is 2.99. The van der Waals surface area contributed by atoms with Crippen LogP contribution in [0.2, 0.25) is 0 Å². The van der Waals surface area contributed by atoms with Gasteiger partial charge in [0.2, 0.25) is 5.91 Å². The Hall–Kier alpha value is -3.00. The molecule has 0 unspecified atom stereocenters. The molecule has 0 atom stereocenters. The second-order valence-corrected chi connectivity index (χ2v) is 5.56. The lowest BCUT2D eigenvalue weighted by Gasteiger charge is -2.03. The molecule has 3 N–H and O–H groups in total. The molecule has 0 radical (unpaired) electrons. The molecule has 0 aliphatic rings. The molecule has 0 spiro atoms. The van der Waals surface area contributed by atoms with E-state index in [1.165, 1.54) is 11.3 Å². The largest absolute Gasteiger partial charge is 0.342 e. The Kier molecular flexibility index (Phi) is 4.44. The van der Waals surface area contributed by atoms with Gasteiger partial charge in [-0.15, -0.1) is 11.3 Å². The van der Waals surface area contributed by atoms with Gasteiger partial charge in [0.05, 0.1) is 17.1 Å². The van der Waals surface area contributed by atoms with Crippen LogP contribution >= 0.6 is 11.3 Å². The smallest absolute Gasteiger partial charge is 0.261 e. The number of carbonyl (C=O) groups is 2. The van der Waals surface area contributed by atoms with Crippen molar-refractivity contribution < 1.29 is 9.59 Å². The Balaban J connectivity index is 1.54. The summed E-state index contributed by atoms with van der Waals surface area (Å²) in [5.74, 6) is -0.218. The number of hydrogen-bond donors (Lipinski definition) is 3. The van der Waals surface area contributed by atoms with Crippen molar-refractivity contribution in [1.29, 1.82) is 0 Å². The molecule has 0 saturated heterocycles. The van der Waals surface area contributed by atoms with E-state index < -0.39 is 0 Å². The average molecular weight is 327 g/mol. The Morgan fingerprint density at radius 3 is 2.78 bits per heavy atom. The number of nitrogens with one attached hydrogen (secondary N) is 3. The van der Waals surface area contributed by atoms with Crippen molar-refractivity contribution in [2.45, 2.75) is 0 Å². The molecule has 0 aromatic carbocycles. The minimum Gasteiger partial charge on any atom is -0.342 e. The van der Waals surface area contributed by atoms with Crippen LogP contribution in [0.25, 0.3) is 11.3 Å². The molecule has 3 aromatic heterocycles. The van der Waals surface area contributed by atoms with Gasteiger partial charge in [-0.2, -0.15) is 5.10 Å². The second-order valence-electron chi connectivity index (χ2n) is 4.61. The summed E-state index contributed by atoms with van der Waals surface area (Å²) in [5, 5.41) is 13.8. The first-order valence-corrected chi connectivity index (χ1v) is 7.68. The molecule has 116 valence electrons. The molecule has 0 aliphatic carbocycles. The van der Waals surface area contributed by atoms with Crippen molar-refractivity contribution >= 4 is 29.0 Å². The van der Waals surface area contributed by atoms with Crippen LogP contribution < -0.4 is 10.6 Å². The van der Waals surface area contributed by atoms with Crippen molar-refractivity contribution in [3.05, 3.63) is 53.0 Å². The van der Waals surface area contributed by atoms with Crippen LogP contribution in [0.3, 0.4) is 0 Å². The number of H-pyrrole nitrogens is 1. The van der Waals surface area contributed by atoms with Crippen LogP contribution in [0.5, 0.6) is 0 Å². The molecular weight excluding hydrogens is 314 g/mol. The van der Waals surface area contributed by atoms with Crippen molar-refractivity contribution in [2.24, 2.45) is 0 Å². The highest BCUT2D eigenvalue weighted by Crippen LogP contribution is 2.18. The van der Waals surface area contributed by atoms with E-state index >= 15 is 0 Å². The van der Waals surface area contributed by atoms with Gasteiger partial charge in [0, 0.05) is 24.0 Å². The fourth-order valence-electron chi connectivity index (χ4n) is 1.91. The monoisotopic (exact) mass is 327 g/mol. The maximum Gasteiger partial charge on any atom is 0.261 e. The number of carbonyl (C=O) groups excluding carboxylic acids is 2. The summed E-state index contributed by atoms with van der Waals surface area (Å²) >= 11 is 1.32. The number of pyridine rings is 1. The predicted octanol–water partition coefficient (Wildman–Crippen LogP) is 1.90. The van der Waals surface area contributed by atoms with E-state index in [4.69, 9.17) is 0 Å². The lowest BCUT2D eigenvalue weighted by Crippen LogP contribution is -2.32. The zero-order valence-corrected chi connectivity index (χ0v) is 12.8. The molecule has 3 heterocycles. The van der Waals surface area contributed by atoms with Gasteiger partial charge in [0.15, 0.2) is 5.82 Å². The number of hydrogen-bond acceptors (Lipinski definition) is 5. The van der Waals surface area contributed by atoms with Gasteiger partial charge in [-0.05, 0) is 23.6 Å². The number of amides is 2. The lowest BCUT2D eigenvalue weighted by molar-refractivity contribution is -0.115. The standard InChI is InChI=1S/C15H13N5O2S/c21-14(9-17-15(22)12-2-1-7-23-12)18-13-8-11(19-20-13)10-3-5-16-6-4-10/h1-8H,9H2,(H,17,22)(H2,18,19,20,21). The highest BCUT2D eigenvalue weighted by Gasteiger charge is 2.10. The maximum atomic E-state index is 11.8. The molecular formula is C15H13N5O2S. The number of rotatable bonds is 5. The molecule has 0 bridgehead atoms. The molecule has 3 rings (SSSR count). The van der Waals surface area contributed by atoms with E-state index in [1.54, 1.807) is 36.0 Å². The highest BCUT2D eigenvalue weighted by molar-refractivity contribution is 7.12. The van der Waals surface area contributed by atoms with E-state index in [-0.39, 0.29) is 18.4 Å². The Morgan fingerprint density at radius 1 is 1.22 bits per heavy atom. The van der Waals surface area contributed by atoms with Crippen molar-refractivity contribution in [1.82, 2.24) is 20.5 Å². The van der Waals surface area contributed by atoms with Crippen molar-refractivity contribution in [3.8, 4) is 11.3 Å².